The Morgan fingerprint density at radius 2 is 1.93 bits per heavy atom. The van der Waals surface area contributed by atoms with E-state index in [-0.39, 0.29) is 42.5 Å². The molecule has 3 rings (SSSR count). The Balaban J connectivity index is 0.00000300. The topological polar surface area (TPSA) is 77.4 Å². The summed E-state index contributed by atoms with van der Waals surface area (Å²) in [5.74, 6) is 0.872. The smallest absolute Gasteiger partial charge is 0.251 e. The normalized spacial score (nSPS) is 20.9. The van der Waals surface area contributed by atoms with Gasteiger partial charge in [0.1, 0.15) is 6.10 Å². The third-order valence-corrected chi connectivity index (χ3v) is 5.35. The standard InChI is InChI=1S/C20H29ClN4O3.HI/c1-2-22-20(23-14-17(26)15-5-7-16(21)8-6-15)25-11-9-24(10-12-25)19(27)18-4-3-13-28-18;/h5-8,17-18,26H,2-4,9-14H2,1H3,(H,22,23);1H. The van der Waals surface area contributed by atoms with Gasteiger partial charge < -0.3 is 25.0 Å². The van der Waals surface area contributed by atoms with Gasteiger partial charge in [0.05, 0.1) is 12.6 Å². The van der Waals surface area contributed by atoms with Crippen molar-refractivity contribution in [3.05, 3.63) is 34.9 Å². The molecule has 1 aromatic rings. The van der Waals surface area contributed by atoms with Gasteiger partial charge in [-0.25, -0.2) is 0 Å². The second-order valence-corrected chi connectivity index (χ2v) is 7.51. The number of hydrogen-bond donors (Lipinski definition) is 2. The molecule has 2 atom stereocenters. The zero-order valence-corrected chi connectivity index (χ0v) is 19.8. The summed E-state index contributed by atoms with van der Waals surface area (Å²) in [6.45, 7) is 6.43. The van der Waals surface area contributed by atoms with Crippen LogP contribution in [0.4, 0.5) is 0 Å². The molecule has 2 fully saturated rings. The monoisotopic (exact) mass is 536 g/mol. The van der Waals surface area contributed by atoms with Crippen molar-refractivity contribution < 1.29 is 14.6 Å². The molecule has 1 amide bonds. The van der Waals surface area contributed by atoms with E-state index >= 15 is 0 Å². The maximum atomic E-state index is 12.5. The van der Waals surface area contributed by atoms with Crippen LogP contribution in [-0.4, -0.2) is 78.8 Å². The molecule has 29 heavy (non-hydrogen) atoms. The zero-order chi connectivity index (χ0) is 19.9. The van der Waals surface area contributed by atoms with Crippen LogP contribution in [0.3, 0.4) is 0 Å². The van der Waals surface area contributed by atoms with E-state index in [1.165, 1.54) is 0 Å². The summed E-state index contributed by atoms with van der Waals surface area (Å²) in [4.78, 5) is 21.1. The molecule has 2 heterocycles. The predicted molar refractivity (Wildman–Crippen MR) is 125 cm³/mol. The van der Waals surface area contributed by atoms with Crippen molar-refractivity contribution in [2.24, 2.45) is 4.99 Å². The number of ether oxygens (including phenoxy) is 1. The van der Waals surface area contributed by atoms with Crippen LogP contribution >= 0.6 is 35.6 Å². The molecule has 0 radical (unpaired) electrons. The lowest BCUT2D eigenvalue weighted by molar-refractivity contribution is -0.142. The number of carbonyl (C=O) groups excluding carboxylic acids is 1. The lowest BCUT2D eigenvalue weighted by atomic mass is 10.1. The quantitative estimate of drug-likeness (QED) is 0.343. The van der Waals surface area contributed by atoms with E-state index in [4.69, 9.17) is 16.3 Å². The van der Waals surface area contributed by atoms with E-state index in [2.05, 4.69) is 15.2 Å². The molecule has 0 aliphatic carbocycles. The number of hydrogen-bond acceptors (Lipinski definition) is 4. The highest BCUT2D eigenvalue weighted by molar-refractivity contribution is 14.0. The van der Waals surface area contributed by atoms with Gasteiger partial charge in [0.25, 0.3) is 5.91 Å². The summed E-state index contributed by atoms with van der Waals surface area (Å²) in [6.07, 6.45) is 0.839. The Labute approximate surface area is 194 Å². The van der Waals surface area contributed by atoms with E-state index in [9.17, 15) is 9.90 Å². The first-order chi connectivity index (χ1) is 13.6. The molecule has 0 bridgehead atoms. The Morgan fingerprint density at radius 1 is 1.28 bits per heavy atom. The van der Waals surface area contributed by atoms with Gasteiger partial charge in [0.2, 0.25) is 0 Å². The molecule has 2 N–H and O–H groups in total. The first-order valence-electron chi connectivity index (χ1n) is 9.95. The summed E-state index contributed by atoms with van der Waals surface area (Å²) < 4.78 is 5.52. The van der Waals surface area contributed by atoms with Crippen LogP contribution in [0.5, 0.6) is 0 Å². The second-order valence-electron chi connectivity index (χ2n) is 7.08. The van der Waals surface area contributed by atoms with Crippen LogP contribution in [0, 0.1) is 0 Å². The second kappa shape index (κ2) is 11.9. The van der Waals surface area contributed by atoms with Gasteiger partial charge >= 0.3 is 0 Å². The molecular formula is C20H30ClIN4O3. The number of guanidine groups is 1. The average molecular weight is 537 g/mol. The fraction of sp³-hybridized carbons (Fsp3) is 0.600. The first-order valence-corrected chi connectivity index (χ1v) is 10.3. The van der Waals surface area contributed by atoms with Crippen LogP contribution in [0.25, 0.3) is 0 Å². The lowest BCUT2D eigenvalue weighted by Gasteiger charge is -2.37. The number of halogens is 2. The molecule has 0 spiro atoms. The van der Waals surface area contributed by atoms with Crippen LogP contribution in [-0.2, 0) is 9.53 Å². The van der Waals surface area contributed by atoms with Crippen LogP contribution < -0.4 is 5.32 Å². The molecule has 0 aromatic heterocycles. The number of nitrogens with zero attached hydrogens (tertiary/aromatic N) is 3. The van der Waals surface area contributed by atoms with E-state index in [1.54, 1.807) is 12.1 Å². The number of amides is 1. The van der Waals surface area contributed by atoms with Gasteiger partial charge in [-0.2, -0.15) is 0 Å². The van der Waals surface area contributed by atoms with Crippen molar-refractivity contribution in [3.63, 3.8) is 0 Å². The Kier molecular flexibility index (Phi) is 9.94. The van der Waals surface area contributed by atoms with Gasteiger partial charge in [-0.3, -0.25) is 9.79 Å². The fourth-order valence-corrected chi connectivity index (χ4v) is 3.63. The van der Waals surface area contributed by atoms with Crippen LogP contribution in [0.1, 0.15) is 31.4 Å². The molecule has 2 aliphatic heterocycles. The van der Waals surface area contributed by atoms with E-state index in [1.807, 2.05) is 24.0 Å². The van der Waals surface area contributed by atoms with Crippen LogP contribution in [0.2, 0.25) is 5.02 Å². The molecule has 162 valence electrons. The molecule has 7 nitrogen and oxygen atoms in total. The highest BCUT2D eigenvalue weighted by atomic mass is 127. The molecule has 2 aliphatic rings. The van der Waals surface area contributed by atoms with Crippen molar-refractivity contribution in [3.8, 4) is 0 Å². The van der Waals surface area contributed by atoms with Crippen molar-refractivity contribution in [2.45, 2.75) is 32.0 Å². The predicted octanol–water partition coefficient (Wildman–Crippen LogP) is 2.28. The number of piperazine rings is 1. The summed E-state index contributed by atoms with van der Waals surface area (Å²) in [5.41, 5.74) is 0.788. The summed E-state index contributed by atoms with van der Waals surface area (Å²) in [7, 11) is 0. The van der Waals surface area contributed by atoms with Gasteiger partial charge in [-0.15, -0.1) is 24.0 Å². The van der Waals surface area contributed by atoms with Gasteiger partial charge in [-0.05, 0) is 37.5 Å². The SMILES string of the molecule is CCNC(=NCC(O)c1ccc(Cl)cc1)N1CCN(C(=O)C2CCCO2)CC1.I. The summed E-state index contributed by atoms with van der Waals surface area (Å²) in [6, 6.07) is 7.15. The molecule has 2 unspecified atom stereocenters. The highest BCUT2D eigenvalue weighted by Gasteiger charge is 2.30. The largest absolute Gasteiger partial charge is 0.386 e. The van der Waals surface area contributed by atoms with E-state index in [0.29, 0.717) is 37.8 Å². The van der Waals surface area contributed by atoms with Gasteiger partial charge in [0, 0.05) is 44.4 Å². The van der Waals surface area contributed by atoms with Crippen molar-refractivity contribution in [1.82, 2.24) is 15.1 Å². The molecular weight excluding hydrogens is 507 g/mol. The number of aliphatic hydroxyl groups is 1. The van der Waals surface area contributed by atoms with Crippen molar-refractivity contribution in [2.75, 3.05) is 45.9 Å². The number of aliphatic imine (C=N–C) groups is 1. The zero-order valence-electron chi connectivity index (χ0n) is 16.7. The van der Waals surface area contributed by atoms with E-state index < -0.39 is 6.10 Å². The minimum Gasteiger partial charge on any atom is -0.386 e. The first kappa shape index (κ1) is 24.2. The number of benzene rings is 1. The van der Waals surface area contributed by atoms with Gasteiger partial charge in [-0.1, -0.05) is 23.7 Å². The Morgan fingerprint density at radius 3 is 2.52 bits per heavy atom. The Bertz CT molecular complexity index is 675. The van der Waals surface area contributed by atoms with Crippen molar-refractivity contribution >= 4 is 47.4 Å². The summed E-state index contributed by atoms with van der Waals surface area (Å²) in [5, 5.41) is 14.3. The maximum Gasteiger partial charge on any atom is 0.251 e. The Hall–Kier alpha value is -1.10. The minimum atomic E-state index is -0.687. The summed E-state index contributed by atoms with van der Waals surface area (Å²) >= 11 is 5.90. The molecule has 9 heteroatoms. The molecule has 1 aromatic carbocycles. The maximum absolute atomic E-state index is 12.5. The fourth-order valence-electron chi connectivity index (χ4n) is 3.50. The lowest BCUT2D eigenvalue weighted by Crippen LogP contribution is -2.55. The number of carbonyl (C=O) groups is 1. The van der Waals surface area contributed by atoms with E-state index in [0.717, 1.165) is 30.9 Å². The number of rotatable bonds is 5. The highest BCUT2D eigenvalue weighted by Crippen LogP contribution is 2.18. The van der Waals surface area contributed by atoms with Crippen LogP contribution in [0.15, 0.2) is 29.3 Å². The third kappa shape index (κ3) is 6.70. The molecule has 0 saturated carbocycles. The van der Waals surface area contributed by atoms with Gasteiger partial charge in [0.15, 0.2) is 5.96 Å². The minimum absolute atomic E-state index is 0. The van der Waals surface area contributed by atoms with Crippen molar-refractivity contribution in [1.29, 1.82) is 0 Å². The average Bonchev–Trinajstić information content (AvgIpc) is 3.26. The molecule has 2 saturated heterocycles. The third-order valence-electron chi connectivity index (χ3n) is 5.10. The number of aliphatic hydroxyl groups excluding tert-OH is 1. The number of nitrogens with one attached hydrogen (secondary N) is 1.